The van der Waals surface area contributed by atoms with Crippen molar-refractivity contribution >= 4 is 17.9 Å². The van der Waals surface area contributed by atoms with E-state index in [1.54, 1.807) is 0 Å². The number of hydrogen-bond donors (Lipinski definition) is 0. The van der Waals surface area contributed by atoms with Crippen molar-refractivity contribution in [1.82, 2.24) is 0 Å². The molecule has 1 saturated carbocycles. The molecule has 0 aromatic heterocycles. The van der Waals surface area contributed by atoms with E-state index in [0.29, 0.717) is 0 Å². The first-order valence-electron chi connectivity index (χ1n) is 6.89. The highest BCUT2D eigenvalue weighted by Gasteiger charge is 2.22. The van der Waals surface area contributed by atoms with Gasteiger partial charge in [0.25, 0.3) is 0 Å². The molecule has 3 rings (SSSR count). The smallest absolute Gasteiger partial charge is 0.185 e. The van der Waals surface area contributed by atoms with Gasteiger partial charge in [0.05, 0.1) is 0 Å². The van der Waals surface area contributed by atoms with E-state index in [4.69, 9.17) is 0 Å². The van der Waals surface area contributed by atoms with Crippen LogP contribution in [0.1, 0.15) is 24.0 Å². The number of allylic oxidation sites excluding steroid dienone is 2. The van der Waals surface area contributed by atoms with Gasteiger partial charge in [-0.15, -0.1) is 0 Å². The minimum atomic E-state index is 0.192. The Balaban J connectivity index is 1.85. The number of carbonyl (C=O) groups is 1. The Bertz CT molecular complexity index is 604. The van der Waals surface area contributed by atoms with Crippen LogP contribution in [0.25, 0.3) is 12.2 Å². The van der Waals surface area contributed by atoms with Crippen molar-refractivity contribution in [3.05, 3.63) is 82.9 Å². The topological polar surface area (TPSA) is 17.1 Å². The number of Topliss-reactive ketones (excluding diaryl/α,β-unsaturated/α-hetero) is 1. The lowest BCUT2D eigenvalue weighted by molar-refractivity contribution is -0.111. The van der Waals surface area contributed by atoms with Crippen LogP contribution in [-0.4, -0.2) is 5.78 Å². The second kappa shape index (κ2) is 5.70. The second-order valence-electron chi connectivity index (χ2n) is 4.99. The minimum Gasteiger partial charge on any atom is -0.289 e. The summed E-state index contributed by atoms with van der Waals surface area (Å²) in [6, 6.07) is 20.0. The summed E-state index contributed by atoms with van der Waals surface area (Å²) in [5.41, 5.74) is 4.02. The van der Waals surface area contributed by atoms with Gasteiger partial charge >= 0.3 is 0 Å². The van der Waals surface area contributed by atoms with E-state index in [9.17, 15) is 4.79 Å². The van der Waals surface area contributed by atoms with E-state index in [-0.39, 0.29) is 5.78 Å². The molecular formula is C19H16O. The van der Waals surface area contributed by atoms with Crippen molar-refractivity contribution < 1.29 is 4.79 Å². The van der Waals surface area contributed by atoms with Crippen LogP contribution in [-0.2, 0) is 4.79 Å². The molecule has 0 N–H and O–H groups in total. The van der Waals surface area contributed by atoms with Gasteiger partial charge < -0.3 is 0 Å². The monoisotopic (exact) mass is 260 g/mol. The zero-order chi connectivity index (χ0) is 13.8. The molecule has 1 fully saturated rings. The van der Waals surface area contributed by atoms with Crippen LogP contribution >= 0.6 is 0 Å². The number of benzene rings is 2. The molecule has 20 heavy (non-hydrogen) atoms. The summed E-state index contributed by atoms with van der Waals surface area (Å²) in [4.78, 5) is 12.4. The number of carbonyl (C=O) groups excluding carboxylic acids is 1. The second-order valence-corrected chi connectivity index (χ2v) is 4.99. The molecule has 98 valence electrons. The third-order valence-corrected chi connectivity index (χ3v) is 3.53. The molecule has 1 nitrogen and oxygen atoms in total. The van der Waals surface area contributed by atoms with Crippen LogP contribution in [0, 0.1) is 0 Å². The summed E-state index contributed by atoms with van der Waals surface area (Å²) in [6.07, 6.45) is 5.70. The summed E-state index contributed by atoms with van der Waals surface area (Å²) in [6.45, 7) is 0. The first-order chi connectivity index (χ1) is 9.83. The van der Waals surface area contributed by atoms with Crippen molar-refractivity contribution in [2.75, 3.05) is 0 Å². The molecule has 0 atom stereocenters. The molecule has 1 aliphatic rings. The lowest BCUT2D eigenvalue weighted by Gasteiger charge is -1.97. The lowest BCUT2D eigenvalue weighted by atomic mass is 10.1. The predicted octanol–water partition coefficient (Wildman–Crippen LogP) is 4.52. The Hall–Kier alpha value is -2.41. The number of rotatable bonds is 2. The van der Waals surface area contributed by atoms with Crippen LogP contribution < -0.4 is 0 Å². The van der Waals surface area contributed by atoms with E-state index in [1.165, 1.54) is 0 Å². The lowest BCUT2D eigenvalue weighted by Crippen LogP contribution is -1.95. The third-order valence-electron chi connectivity index (χ3n) is 3.53. The Labute approximate surface area is 119 Å². The third kappa shape index (κ3) is 2.77. The molecule has 0 heterocycles. The van der Waals surface area contributed by atoms with Crippen molar-refractivity contribution in [3.8, 4) is 0 Å². The van der Waals surface area contributed by atoms with E-state index in [0.717, 1.165) is 35.1 Å². The van der Waals surface area contributed by atoms with Gasteiger partial charge in [-0.1, -0.05) is 60.7 Å². The summed E-state index contributed by atoms with van der Waals surface area (Å²) in [5.74, 6) is 0.192. The highest BCUT2D eigenvalue weighted by atomic mass is 16.1. The standard InChI is InChI=1S/C19H16O/c20-19-17(13-15-7-3-1-4-8-15)11-12-18(19)14-16-9-5-2-6-10-16/h1-10,13-14H,11-12H2/b17-13-,18-14-. The average Bonchev–Trinajstić information content (AvgIpc) is 2.83. The molecule has 0 radical (unpaired) electrons. The van der Waals surface area contributed by atoms with Gasteiger partial charge in [0, 0.05) is 11.1 Å². The van der Waals surface area contributed by atoms with Gasteiger partial charge in [-0.2, -0.15) is 0 Å². The minimum absolute atomic E-state index is 0.192. The van der Waals surface area contributed by atoms with Gasteiger partial charge in [-0.3, -0.25) is 4.79 Å². The van der Waals surface area contributed by atoms with Crippen LogP contribution in [0.15, 0.2) is 71.8 Å². The highest BCUT2D eigenvalue weighted by Crippen LogP contribution is 2.29. The quantitative estimate of drug-likeness (QED) is 0.726. The van der Waals surface area contributed by atoms with E-state index in [1.807, 2.05) is 72.8 Å². The molecule has 0 unspecified atom stereocenters. The molecule has 1 aliphatic carbocycles. The fourth-order valence-corrected chi connectivity index (χ4v) is 2.48. The van der Waals surface area contributed by atoms with Crippen LogP contribution in [0.3, 0.4) is 0 Å². The average molecular weight is 260 g/mol. The van der Waals surface area contributed by atoms with Crippen molar-refractivity contribution in [2.24, 2.45) is 0 Å². The Morgan fingerprint density at radius 3 is 1.45 bits per heavy atom. The molecule has 1 heteroatoms. The highest BCUT2D eigenvalue weighted by molar-refractivity contribution is 6.15. The van der Waals surface area contributed by atoms with Gasteiger partial charge in [-0.05, 0) is 36.1 Å². The van der Waals surface area contributed by atoms with Gasteiger partial charge in [-0.25, -0.2) is 0 Å². The van der Waals surface area contributed by atoms with Crippen molar-refractivity contribution in [1.29, 1.82) is 0 Å². The molecule has 0 spiro atoms. The maximum Gasteiger partial charge on any atom is 0.185 e. The largest absolute Gasteiger partial charge is 0.289 e. The maximum absolute atomic E-state index is 12.4. The Kier molecular flexibility index (Phi) is 3.60. The predicted molar refractivity (Wildman–Crippen MR) is 83.1 cm³/mol. The molecule has 2 aromatic carbocycles. The molecule has 0 saturated heterocycles. The molecule has 0 bridgehead atoms. The summed E-state index contributed by atoms with van der Waals surface area (Å²) in [5, 5.41) is 0. The molecule has 0 amide bonds. The van der Waals surface area contributed by atoms with E-state index < -0.39 is 0 Å². The van der Waals surface area contributed by atoms with Crippen LogP contribution in [0.4, 0.5) is 0 Å². The molecule has 2 aromatic rings. The summed E-state index contributed by atoms with van der Waals surface area (Å²) >= 11 is 0. The summed E-state index contributed by atoms with van der Waals surface area (Å²) in [7, 11) is 0. The van der Waals surface area contributed by atoms with E-state index >= 15 is 0 Å². The van der Waals surface area contributed by atoms with Crippen LogP contribution in [0.5, 0.6) is 0 Å². The van der Waals surface area contributed by atoms with E-state index in [2.05, 4.69) is 0 Å². The SMILES string of the molecule is O=C1/C(=C\c2ccccc2)CC/C1=C/c1ccccc1. The zero-order valence-corrected chi connectivity index (χ0v) is 11.3. The number of ketones is 1. The maximum atomic E-state index is 12.4. The van der Waals surface area contributed by atoms with Crippen LogP contribution in [0.2, 0.25) is 0 Å². The first-order valence-corrected chi connectivity index (χ1v) is 6.89. The Morgan fingerprint density at radius 2 is 1.05 bits per heavy atom. The zero-order valence-electron chi connectivity index (χ0n) is 11.3. The molecule has 0 aliphatic heterocycles. The van der Waals surface area contributed by atoms with Gasteiger partial charge in [0.15, 0.2) is 5.78 Å². The van der Waals surface area contributed by atoms with Crippen molar-refractivity contribution in [2.45, 2.75) is 12.8 Å². The van der Waals surface area contributed by atoms with Gasteiger partial charge in [0.2, 0.25) is 0 Å². The van der Waals surface area contributed by atoms with Gasteiger partial charge in [0.1, 0.15) is 0 Å². The molecular weight excluding hydrogens is 244 g/mol. The fourth-order valence-electron chi connectivity index (χ4n) is 2.48. The normalized spacial score (nSPS) is 18.9. The first kappa shape index (κ1) is 12.6. The fraction of sp³-hybridized carbons (Fsp3) is 0.105. The van der Waals surface area contributed by atoms with Crippen molar-refractivity contribution in [3.63, 3.8) is 0 Å². The summed E-state index contributed by atoms with van der Waals surface area (Å²) < 4.78 is 0. The Morgan fingerprint density at radius 1 is 0.650 bits per heavy atom. The number of hydrogen-bond acceptors (Lipinski definition) is 1.